The molecule has 126 valence electrons. The molecule has 0 fully saturated rings. The van der Waals surface area contributed by atoms with Crippen LogP contribution in [-0.2, 0) is 19.1 Å². The number of nitrogens with one attached hydrogen (secondary N) is 1. The van der Waals surface area contributed by atoms with Crippen molar-refractivity contribution in [1.82, 2.24) is 10.0 Å². The lowest BCUT2D eigenvalue weighted by atomic mass is 10.2. The number of carbonyl (C=O) groups excluding carboxylic acids is 3. The number of nitrogens with zero attached hydrogens (tertiary/aromatic N) is 2. The fourth-order valence-corrected chi connectivity index (χ4v) is 1.95. The summed E-state index contributed by atoms with van der Waals surface area (Å²) in [7, 11) is 5.56. The molecule has 1 rings (SSSR count). The number of hydrogen-bond acceptors (Lipinski definition) is 6. The number of hydrazine groups is 1. The fraction of sp³-hybridized carbons (Fsp3) is 0.400. The zero-order valence-corrected chi connectivity index (χ0v) is 13.6. The number of amides is 2. The third-order valence-corrected chi connectivity index (χ3v) is 3.02. The van der Waals surface area contributed by atoms with Gasteiger partial charge in [-0.2, -0.15) is 0 Å². The Hall–Kier alpha value is -2.61. The van der Waals surface area contributed by atoms with Crippen LogP contribution in [0.25, 0.3) is 0 Å². The molecule has 1 aromatic rings. The largest absolute Gasteiger partial charge is 0.469 e. The molecule has 2 amide bonds. The molecular weight excluding hydrogens is 302 g/mol. The quantitative estimate of drug-likeness (QED) is 0.623. The Morgan fingerprint density at radius 2 is 1.70 bits per heavy atom. The number of methoxy groups -OCH3 is 2. The summed E-state index contributed by atoms with van der Waals surface area (Å²) in [6, 6.07) is 7.06. The zero-order chi connectivity index (χ0) is 17.4. The van der Waals surface area contributed by atoms with Crippen molar-refractivity contribution in [3.05, 3.63) is 30.3 Å². The second-order valence-electron chi connectivity index (χ2n) is 4.81. The van der Waals surface area contributed by atoms with Gasteiger partial charge in [-0.05, 0) is 12.1 Å². The standard InChI is InChI=1S/C15H21N3O5/c1-17(2)18(12(14(20)23-4)10-13(19)22-3)15(21)16-11-8-6-5-7-9-11/h5-9,12H,10H2,1-4H3,(H,16,21). The monoisotopic (exact) mass is 323 g/mol. The van der Waals surface area contributed by atoms with Gasteiger partial charge in [-0.25, -0.2) is 19.6 Å². The van der Waals surface area contributed by atoms with Crippen LogP contribution < -0.4 is 5.32 Å². The molecule has 0 aliphatic rings. The van der Waals surface area contributed by atoms with E-state index in [-0.39, 0.29) is 6.42 Å². The number of para-hydroxylation sites is 1. The molecule has 0 spiro atoms. The molecule has 0 radical (unpaired) electrons. The third-order valence-electron chi connectivity index (χ3n) is 3.02. The summed E-state index contributed by atoms with van der Waals surface area (Å²) in [6.07, 6.45) is -0.316. The SMILES string of the molecule is COC(=O)CC(C(=O)OC)N(C(=O)Nc1ccccc1)N(C)C. The van der Waals surface area contributed by atoms with Gasteiger partial charge in [0.2, 0.25) is 0 Å². The number of benzene rings is 1. The highest BCUT2D eigenvalue weighted by atomic mass is 16.5. The molecule has 0 aliphatic heterocycles. The van der Waals surface area contributed by atoms with Gasteiger partial charge in [0.15, 0.2) is 6.04 Å². The molecule has 1 N–H and O–H groups in total. The number of hydrogen-bond donors (Lipinski definition) is 1. The van der Waals surface area contributed by atoms with Gasteiger partial charge in [0.25, 0.3) is 0 Å². The predicted octanol–water partition coefficient (Wildman–Crippen LogP) is 1.10. The number of esters is 2. The van der Waals surface area contributed by atoms with Crippen molar-refractivity contribution >= 4 is 23.7 Å². The van der Waals surface area contributed by atoms with E-state index in [9.17, 15) is 14.4 Å². The molecule has 1 atom stereocenters. The Morgan fingerprint density at radius 3 is 2.17 bits per heavy atom. The number of rotatable bonds is 6. The van der Waals surface area contributed by atoms with Crippen LogP contribution in [0.15, 0.2) is 30.3 Å². The molecule has 8 nitrogen and oxygen atoms in total. The van der Waals surface area contributed by atoms with Crippen molar-refractivity contribution in [2.24, 2.45) is 0 Å². The highest BCUT2D eigenvalue weighted by Gasteiger charge is 2.35. The summed E-state index contributed by atoms with van der Waals surface area (Å²) in [5.41, 5.74) is 0.561. The van der Waals surface area contributed by atoms with Crippen LogP contribution in [-0.4, -0.2) is 62.3 Å². The van der Waals surface area contributed by atoms with E-state index in [1.54, 1.807) is 38.4 Å². The van der Waals surface area contributed by atoms with Crippen LogP contribution in [0, 0.1) is 0 Å². The smallest absolute Gasteiger partial charge is 0.337 e. The topological polar surface area (TPSA) is 88.2 Å². The van der Waals surface area contributed by atoms with E-state index >= 15 is 0 Å². The fourth-order valence-electron chi connectivity index (χ4n) is 1.95. The van der Waals surface area contributed by atoms with Gasteiger partial charge >= 0.3 is 18.0 Å². The first kappa shape index (κ1) is 18.4. The maximum Gasteiger partial charge on any atom is 0.337 e. The van der Waals surface area contributed by atoms with E-state index in [4.69, 9.17) is 4.74 Å². The second kappa shape index (κ2) is 8.74. The Bertz CT molecular complexity index is 547. The molecular formula is C15H21N3O5. The maximum atomic E-state index is 12.5. The van der Waals surface area contributed by atoms with Gasteiger partial charge in [-0.1, -0.05) is 18.2 Å². The molecule has 0 bridgehead atoms. The summed E-state index contributed by atoms with van der Waals surface area (Å²) in [5, 5.41) is 5.17. The summed E-state index contributed by atoms with van der Waals surface area (Å²) in [4.78, 5) is 36.0. The van der Waals surface area contributed by atoms with Gasteiger partial charge in [-0.15, -0.1) is 0 Å². The van der Waals surface area contributed by atoms with Gasteiger partial charge in [0, 0.05) is 19.8 Å². The van der Waals surface area contributed by atoms with Crippen molar-refractivity contribution < 1.29 is 23.9 Å². The van der Waals surface area contributed by atoms with E-state index < -0.39 is 24.0 Å². The minimum atomic E-state index is -1.13. The summed E-state index contributed by atoms with van der Waals surface area (Å²) >= 11 is 0. The predicted molar refractivity (Wildman–Crippen MR) is 83.4 cm³/mol. The van der Waals surface area contributed by atoms with Gasteiger partial charge in [-0.3, -0.25) is 4.79 Å². The molecule has 0 saturated carbocycles. The summed E-state index contributed by atoms with van der Waals surface area (Å²) < 4.78 is 9.27. The molecule has 0 aromatic heterocycles. The van der Waals surface area contributed by atoms with Gasteiger partial charge < -0.3 is 14.8 Å². The Kier molecular flexibility index (Phi) is 7.01. The Balaban J connectivity index is 3.01. The van der Waals surface area contributed by atoms with Crippen LogP contribution in [0.4, 0.5) is 10.5 Å². The van der Waals surface area contributed by atoms with Gasteiger partial charge in [0.1, 0.15) is 0 Å². The van der Waals surface area contributed by atoms with Crippen LogP contribution in [0.3, 0.4) is 0 Å². The first-order chi connectivity index (χ1) is 10.9. The Morgan fingerprint density at radius 1 is 1.09 bits per heavy atom. The van der Waals surface area contributed by atoms with Crippen LogP contribution in [0.1, 0.15) is 6.42 Å². The van der Waals surface area contributed by atoms with E-state index in [1.807, 2.05) is 6.07 Å². The van der Waals surface area contributed by atoms with Gasteiger partial charge in [0.05, 0.1) is 20.6 Å². The average Bonchev–Trinajstić information content (AvgIpc) is 2.53. The number of ether oxygens (including phenoxy) is 2. The summed E-state index contributed by atoms with van der Waals surface area (Å²) in [6.45, 7) is 0. The first-order valence-electron chi connectivity index (χ1n) is 6.87. The number of urea groups is 1. The lowest BCUT2D eigenvalue weighted by molar-refractivity contribution is -0.156. The molecule has 0 saturated heterocycles. The van der Waals surface area contributed by atoms with Crippen LogP contribution in [0.2, 0.25) is 0 Å². The van der Waals surface area contributed by atoms with Crippen molar-refractivity contribution in [2.75, 3.05) is 33.6 Å². The molecule has 1 aromatic carbocycles. The highest BCUT2D eigenvalue weighted by Crippen LogP contribution is 2.13. The van der Waals surface area contributed by atoms with E-state index in [2.05, 4.69) is 10.1 Å². The molecule has 0 heterocycles. The van der Waals surface area contributed by atoms with Crippen molar-refractivity contribution in [3.8, 4) is 0 Å². The minimum absolute atomic E-state index is 0.316. The van der Waals surface area contributed by atoms with Crippen molar-refractivity contribution in [3.63, 3.8) is 0 Å². The van der Waals surface area contributed by atoms with Crippen LogP contribution >= 0.6 is 0 Å². The van der Waals surface area contributed by atoms with Crippen LogP contribution in [0.5, 0.6) is 0 Å². The second-order valence-corrected chi connectivity index (χ2v) is 4.81. The molecule has 8 heteroatoms. The maximum absolute atomic E-state index is 12.5. The number of anilines is 1. The van der Waals surface area contributed by atoms with E-state index in [0.29, 0.717) is 5.69 Å². The Labute approximate surface area is 134 Å². The summed E-state index contributed by atoms with van der Waals surface area (Å²) in [5.74, 6) is -1.34. The van der Waals surface area contributed by atoms with Crippen molar-refractivity contribution in [1.29, 1.82) is 0 Å². The van der Waals surface area contributed by atoms with E-state index in [0.717, 1.165) is 5.01 Å². The van der Waals surface area contributed by atoms with Crippen molar-refractivity contribution in [2.45, 2.75) is 12.5 Å². The minimum Gasteiger partial charge on any atom is -0.469 e. The zero-order valence-electron chi connectivity index (χ0n) is 13.6. The number of carbonyl (C=O) groups is 3. The molecule has 23 heavy (non-hydrogen) atoms. The third kappa shape index (κ3) is 5.26. The molecule has 0 aliphatic carbocycles. The first-order valence-corrected chi connectivity index (χ1v) is 6.87. The molecule has 1 unspecified atom stereocenters. The van der Waals surface area contributed by atoms with E-state index in [1.165, 1.54) is 19.2 Å². The lowest BCUT2D eigenvalue weighted by Crippen LogP contribution is -2.54. The normalized spacial score (nSPS) is 11.5. The lowest BCUT2D eigenvalue weighted by Gasteiger charge is -2.34. The average molecular weight is 323 g/mol. The highest BCUT2D eigenvalue weighted by molar-refractivity contribution is 5.93.